The van der Waals surface area contributed by atoms with E-state index in [4.69, 9.17) is 10.5 Å². The van der Waals surface area contributed by atoms with Crippen molar-refractivity contribution in [2.24, 2.45) is 11.7 Å². The highest BCUT2D eigenvalue weighted by Crippen LogP contribution is 2.00. The normalized spacial score (nSPS) is 13.1. The molecule has 1 unspecified atom stereocenters. The van der Waals surface area contributed by atoms with E-state index in [1.54, 1.807) is 7.11 Å². The number of methoxy groups -OCH3 is 1. The van der Waals surface area contributed by atoms with E-state index >= 15 is 0 Å². The molecule has 0 radical (unpaired) electrons. The van der Waals surface area contributed by atoms with Gasteiger partial charge >= 0.3 is 0 Å². The van der Waals surface area contributed by atoms with Gasteiger partial charge in [-0.15, -0.1) is 0 Å². The van der Waals surface area contributed by atoms with Crippen molar-refractivity contribution in [3.8, 4) is 0 Å². The average molecular weight is 174 g/mol. The van der Waals surface area contributed by atoms with Gasteiger partial charge in [0, 0.05) is 7.11 Å². The molecule has 12 heavy (non-hydrogen) atoms. The first-order valence-electron chi connectivity index (χ1n) is 4.10. The number of nitrogens with two attached hydrogens (primary N) is 1. The molecule has 72 valence electrons. The maximum Gasteiger partial charge on any atom is 0.234 e. The Morgan fingerprint density at radius 1 is 1.58 bits per heavy atom. The molecule has 0 saturated heterocycles. The third-order valence-electron chi connectivity index (χ3n) is 1.68. The molecule has 0 heterocycles. The van der Waals surface area contributed by atoms with Gasteiger partial charge in [-0.25, -0.2) is 0 Å². The predicted octanol–water partition coefficient (Wildman–Crippen LogP) is -0.268. The van der Waals surface area contributed by atoms with E-state index in [1.165, 1.54) is 0 Å². The van der Waals surface area contributed by atoms with Gasteiger partial charge in [0.2, 0.25) is 5.91 Å². The number of carbonyl (C=O) groups is 1. The van der Waals surface area contributed by atoms with Crippen LogP contribution in [0.2, 0.25) is 0 Å². The maximum absolute atomic E-state index is 10.9. The molecule has 0 spiro atoms. The molecule has 3 N–H and O–H groups in total. The van der Waals surface area contributed by atoms with Crippen LogP contribution in [0.15, 0.2) is 0 Å². The third-order valence-corrected chi connectivity index (χ3v) is 1.68. The summed E-state index contributed by atoms with van der Waals surface area (Å²) < 4.78 is 4.96. The van der Waals surface area contributed by atoms with Gasteiger partial charge in [-0.2, -0.15) is 0 Å². The highest BCUT2D eigenvalue weighted by molar-refractivity contribution is 5.78. The smallest absolute Gasteiger partial charge is 0.234 e. The summed E-state index contributed by atoms with van der Waals surface area (Å²) in [5.41, 5.74) is 5.16. The SMILES string of the molecule is COCC(NC(=O)CN)C(C)C. The molecule has 0 aromatic heterocycles. The van der Waals surface area contributed by atoms with Crippen LogP contribution in [0.1, 0.15) is 13.8 Å². The van der Waals surface area contributed by atoms with Crippen molar-refractivity contribution in [1.82, 2.24) is 5.32 Å². The van der Waals surface area contributed by atoms with Gasteiger partial charge < -0.3 is 15.8 Å². The monoisotopic (exact) mass is 174 g/mol. The van der Waals surface area contributed by atoms with Crippen LogP contribution in [0.3, 0.4) is 0 Å². The number of hydrogen-bond acceptors (Lipinski definition) is 3. The molecular formula is C8H18N2O2. The number of rotatable bonds is 5. The van der Waals surface area contributed by atoms with Crippen molar-refractivity contribution in [2.45, 2.75) is 19.9 Å². The van der Waals surface area contributed by atoms with Crippen LogP contribution in [0.4, 0.5) is 0 Å². The molecule has 0 aromatic rings. The molecule has 0 fully saturated rings. The van der Waals surface area contributed by atoms with Crippen LogP contribution in [0.5, 0.6) is 0 Å². The minimum Gasteiger partial charge on any atom is -0.383 e. The highest BCUT2D eigenvalue weighted by atomic mass is 16.5. The number of amides is 1. The fourth-order valence-corrected chi connectivity index (χ4v) is 0.846. The average Bonchev–Trinajstić information content (AvgIpc) is 2.03. The molecule has 0 aromatic carbocycles. The Bertz CT molecular complexity index is 137. The summed E-state index contributed by atoms with van der Waals surface area (Å²) in [6.07, 6.45) is 0. The summed E-state index contributed by atoms with van der Waals surface area (Å²) in [5.74, 6) is 0.228. The van der Waals surface area contributed by atoms with E-state index in [0.29, 0.717) is 12.5 Å². The Balaban J connectivity index is 3.86. The summed E-state index contributed by atoms with van der Waals surface area (Å²) in [6, 6.07) is 0.0612. The summed E-state index contributed by atoms with van der Waals surface area (Å²) in [5, 5.41) is 2.78. The Morgan fingerprint density at radius 3 is 2.50 bits per heavy atom. The van der Waals surface area contributed by atoms with Gasteiger partial charge in [0.25, 0.3) is 0 Å². The highest BCUT2D eigenvalue weighted by Gasteiger charge is 2.14. The van der Waals surface area contributed by atoms with Crippen molar-refractivity contribution in [3.05, 3.63) is 0 Å². The summed E-state index contributed by atoms with van der Waals surface area (Å²) in [6.45, 7) is 4.62. The van der Waals surface area contributed by atoms with E-state index in [-0.39, 0.29) is 18.5 Å². The van der Waals surface area contributed by atoms with Crippen LogP contribution in [-0.2, 0) is 9.53 Å². The first-order chi connectivity index (χ1) is 5.61. The van der Waals surface area contributed by atoms with Gasteiger partial charge in [0.1, 0.15) is 0 Å². The Kier molecular flexibility index (Phi) is 5.66. The van der Waals surface area contributed by atoms with Crippen LogP contribution in [-0.4, -0.2) is 32.2 Å². The number of carbonyl (C=O) groups excluding carboxylic acids is 1. The van der Waals surface area contributed by atoms with Crippen molar-refractivity contribution >= 4 is 5.91 Å². The minimum absolute atomic E-state index is 0.0347. The first-order valence-corrected chi connectivity index (χ1v) is 4.10. The van der Waals surface area contributed by atoms with Crippen molar-refractivity contribution in [1.29, 1.82) is 0 Å². The molecular weight excluding hydrogens is 156 g/mol. The third kappa shape index (κ3) is 4.31. The summed E-state index contributed by atoms with van der Waals surface area (Å²) in [7, 11) is 1.62. The molecule has 0 rings (SSSR count). The minimum atomic E-state index is -0.134. The van der Waals surface area contributed by atoms with Gasteiger partial charge in [0.15, 0.2) is 0 Å². The van der Waals surface area contributed by atoms with Gasteiger partial charge in [-0.05, 0) is 5.92 Å². The maximum atomic E-state index is 10.9. The lowest BCUT2D eigenvalue weighted by Gasteiger charge is -2.20. The van der Waals surface area contributed by atoms with E-state index in [9.17, 15) is 4.79 Å². The zero-order valence-electron chi connectivity index (χ0n) is 7.96. The fraction of sp³-hybridized carbons (Fsp3) is 0.875. The van der Waals surface area contributed by atoms with Crippen LogP contribution in [0, 0.1) is 5.92 Å². The lowest BCUT2D eigenvalue weighted by Crippen LogP contribution is -2.44. The molecule has 0 aliphatic carbocycles. The summed E-state index contributed by atoms with van der Waals surface area (Å²) >= 11 is 0. The lowest BCUT2D eigenvalue weighted by molar-refractivity contribution is -0.121. The van der Waals surface area contributed by atoms with Gasteiger partial charge in [-0.3, -0.25) is 4.79 Å². The molecule has 0 aliphatic rings. The fourth-order valence-electron chi connectivity index (χ4n) is 0.846. The van der Waals surface area contributed by atoms with Crippen LogP contribution >= 0.6 is 0 Å². The largest absolute Gasteiger partial charge is 0.383 e. The Hall–Kier alpha value is -0.610. The molecule has 0 aliphatic heterocycles. The van der Waals surface area contributed by atoms with Crippen LogP contribution < -0.4 is 11.1 Å². The van der Waals surface area contributed by atoms with E-state index in [0.717, 1.165) is 0 Å². The van der Waals surface area contributed by atoms with E-state index in [1.807, 2.05) is 13.8 Å². The van der Waals surface area contributed by atoms with E-state index < -0.39 is 0 Å². The van der Waals surface area contributed by atoms with Crippen LogP contribution in [0.25, 0.3) is 0 Å². The topological polar surface area (TPSA) is 64.3 Å². The Labute approximate surface area is 73.5 Å². The molecule has 1 atom stereocenters. The van der Waals surface area contributed by atoms with Crippen molar-refractivity contribution in [2.75, 3.05) is 20.3 Å². The summed E-state index contributed by atoms with van der Waals surface area (Å²) in [4.78, 5) is 10.9. The second-order valence-electron chi connectivity index (χ2n) is 3.08. The van der Waals surface area contributed by atoms with Gasteiger partial charge in [0.05, 0.1) is 19.2 Å². The first kappa shape index (κ1) is 11.4. The number of ether oxygens (including phenoxy) is 1. The van der Waals surface area contributed by atoms with Crippen molar-refractivity contribution < 1.29 is 9.53 Å². The van der Waals surface area contributed by atoms with E-state index in [2.05, 4.69) is 5.32 Å². The quantitative estimate of drug-likeness (QED) is 0.603. The standard InChI is InChI=1S/C8H18N2O2/c1-6(2)7(5-12-3)10-8(11)4-9/h6-7H,4-5,9H2,1-3H3,(H,10,11). The number of nitrogens with one attached hydrogen (secondary N) is 1. The molecule has 0 saturated carbocycles. The second-order valence-corrected chi connectivity index (χ2v) is 3.08. The Morgan fingerprint density at radius 2 is 2.17 bits per heavy atom. The zero-order chi connectivity index (χ0) is 9.56. The molecule has 1 amide bonds. The second kappa shape index (κ2) is 5.97. The molecule has 4 nitrogen and oxygen atoms in total. The van der Waals surface area contributed by atoms with Gasteiger partial charge in [-0.1, -0.05) is 13.8 Å². The zero-order valence-corrected chi connectivity index (χ0v) is 7.96. The van der Waals surface area contributed by atoms with Crippen molar-refractivity contribution in [3.63, 3.8) is 0 Å². The molecule has 4 heteroatoms. The molecule has 0 bridgehead atoms. The number of hydrogen-bond donors (Lipinski definition) is 2. The predicted molar refractivity (Wildman–Crippen MR) is 47.7 cm³/mol. The lowest BCUT2D eigenvalue weighted by atomic mass is 10.1.